The normalized spacial score (nSPS) is 25.8. The highest BCUT2D eigenvalue weighted by atomic mass is 15.8. The smallest absolute Gasteiger partial charge is 0.0955 e. The molecule has 0 amide bonds. The third kappa shape index (κ3) is 6.19. The quantitative estimate of drug-likeness (QED) is 0.128. The van der Waals surface area contributed by atoms with Gasteiger partial charge in [-0.25, -0.2) is 0 Å². The van der Waals surface area contributed by atoms with Gasteiger partial charge in [0.2, 0.25) is 0 Å². The zero-order chi connectivity index (χ0) is 35.8. The first-order chi connectivity index (χ1) is 26.8. The molecule has 5 heterocycles. The predicted molar refractivity (Wildman–Crippen MR) is 215 cm³/mol. The Balaban J connectivity index is 1.20. The average molecular weight is 709 g/mol. The summed E-state index contributed by atoms with van der Waals surface area (Å²) in [6.45, 7) is 5.30. The van der Waals surface area contributed by atoms with Gasteiger partial charge < -0.3 is 0 Å². The average Bonchev–Trinajstić information content (AvgIpc) is 3.22. The summed E-state index contributed by atoms with van der Waals surface area (Å²) in [5.74, 6) is 0. The lowest BCUT2D eigenvalue weighted by molar-refractivity contribution is -0.409. The second-order valence-corrected chi connectivity index (χ2v) is 15.4. The van der Waals surface area contributed by atoms with Crippen LogP contribution in [0.5, 0.6) is 0 Å². The molecular formula is C48H48N6. The zero-order valence-electron chi connectivity index (χ0n) is 30.7. The lowest BCUT2D eigenvalue weighted by Crippen LogP contribution is -2.97. The molecule has 6 aromatic carbocycles. The van der Waals surface area contributed by atoms with E-state index in [-0.39, 0.29) is 37.0 Å². The molecule has 5 aliphatic rings. The Morgan fingerprint density at radius 2 is 0.333 bits per heavy atom. The van der Waals surface area contributed by atoms with Crippen molar-refractivity contribution in [1.29, 1.82) is 0 Å². The van der Waals surface area contributed by atoms with Crippen LogP contribution < -0.4 is 0 Å². The van der Waals surface area contributed by atoms with E-state index in [0.29, 0.717) is 0 Å². The minimum Gasteiger partial charge on any atom is -0.262 e. The van der Waals surface area contributed by atoms with Gasteiger partial charge >= 0.3 is 0 Å². The first-order valence-corrected chi connectivity index (χ1v) is 19.6. The topological polar surface area (TPSA) is 19.4 Å². The number of benzene rings is 6. The number of hydrogen-bond donors (Lipinski definition) is 0. The van der Waals surface area contributed by atoms with Crippen LogP contribution >= 0.6 is 0 Å². The number of rotatable bonds is 12. The fourth-order valence-corrected chi connectivity index (χ4v) is 10.0. The summed E-state index contributed by atoms with van der Waals surface area (Å²) < 4.78 is 0. The third-order valence-electron chi connectivity index (χ3n) is 12.1. The summed E-state index contributed by atoms with van der Waals surface area (Å²) in [6, 6.07) is 67.2. The Bertz CT molecular complexity index is 1680. The molecule has 6 aromatic rings. The Hall–Kier alpha value is -4.92. The van der Waals surface area contributed by atoms with E-state index in [2.05, 4.69) is 211 Å². The van der Waals surface area contributed by atoms with Gasteiger partial charge in [-0.2, -0.15) is 0 Å². The molecule has 0 radical (unpaired) electrons. The van der Waals surface area contributed by atoms with E-state index in [9.17, 15) is 0 Å². The van der Waals surface area contributed by atoms with Crippen molar-refractivity contribution < 1.29 is 0 Å². The van der Waals surface area contributed by atoms with Gasteiger partial charge in [-0.3, -0.25) is 29.4 Å². The molecule has 0 atom stereocenters. The number of piperazine rings is 3. The minimum absolute atomic E-state index is 0.172. The van der Waals surface area contributed by atoms with Gasteiger partial charge in [-0.05, 0) is 33.4 Å². The maximum Gasteiger partial charge on any atom is 0.0955 e. The van der Waals surface area contributed by atoms with E-state index in [1.54, 1.807) is 0 Å². The zero-order valence-corrected chi connectivity index (χ0v) is 30.7. The van der Waals surface area contributed by atoms with Gasteiger partial charge in [0.1, 0.15) is 0 Å². The lowest BCUT2D eigenvalue weighted by atomic mass is 9.86. The maximum atomic E-state index is 2.89. The van der Waals surface area contributed by atoms with E-state index in [0.717, 1.165) is 39.3 Å². The Morgan fingerprint density at radius 3 is 0.463 bits per heavy atom. The molecular weight excluding hydrogens is 661 g/mol. The first kappa shape index (κ1) is 33.6. The Labute approximate surface area is 320 Å². The van der Waals surface area contributed by atoms with Crippen molar-refractivity contribution in [3.8, 4) is 0 Å². The van der Waals surface area contributed by atoms with Gasteiger partial charge in [0.25, 0.3) is 0 Å². The molecule has 5 saturated heterocycles. The van der Waals surface area contributed by atoms with Crippen LogP contribution in [0.25, 0.3) is 0 Å². The summed E-state index contributed by atoms with van der Waals surface area (Å²) in [7, 11) is 0. The van der Waals surface area contributed by atoms with Crippen LogP contribution in [0.1, 0.15) is 33.4 Å². The van der Waals surface area contributed by atoms with Crippen molar-refractivity contribution in [2.45, 2.75) is 76.3 Å². The van der Waals surface area contributed by atoms with Crippen molar-refractivity contribution in [1.82, 2.24) is 29.4 Å². The van der Waals surface area contributed by atoms with Crippen LogP contribution in [0, 0.1) is 0 Å². The van der Waals surface area contributed by atoms with Crippen LogP contribution in [0.2, 0.25) is 0 Å². The number of nitrogens with zero attached hydrogens (tertiary/aromatic N) is 6. The largest absolute Gasteiger partial charge is 0.262 e. The van der Waals surface area contributed by atoms with E-state index < -0.39 is 0 Å². The van der Waals surface area contributed by atoms with E-state index >= 15 is 0 Å². The van der Waals surface area contributed by atoms with Crippen molar-refractivity contribution in [3.05, 3.63) is 215 Å². The first-order valence-electron chi connectivity index (χ1n) is 19.6. The van der Waals surface area contributed by atoms with Crippen LogP contribution in [0.4, 0.5) is 0 Å². The summed E-state index contributed by atoms with van der Waals surface area (Å²) in [4.78, 5) is 17.3. The monoisotopic (exact) mass is 708 g/mol. The van der Waals surface area contributed by atoms with E-state index in [1.807, 2.05) is 0 Å². The molecule has 54 heavy (non-hydrogen) atoms. The van der Waals surface area contributed by atoms with Crippen molar-refractivity contribution in [3.63, 3.8) is 0 Å². The lowest BCUT2D eigenvalue weighted by Gasteiger charge is -2.80. The molecule has 0 saturated carbocycles. The van der Waals surface area contributed by atoms with Gasteiger partial charge in [0.05, 0.1) is 37.0 Å². The molecule has 0 N–H and O–H groups in total. The summed E-state index contributed by atoms with van der Waals surface area (Å²) >= 11 is 0. The van der Waals surface area contributed by atoms with Crippen LogP contribution in [0.3, 0.4) is 0 Å². The molecule has 0 aromatic heterocycles. The van der Waals surface area contributed by atoms with E-state index in [1.165, 1.54) is 33.4 Å². The summed E-state index contributed by atoms with van der Waals surface area (Å²) in [5, 5.41) is 0. The van der Waals surface area contributed by atoms with Crippen molar-refractivity contribution in [2.75, 3.05) is 0 Å². The van der Waals surface area contributed by atoms with Gasteiger partial charge in [0, 0.05) is 39.3 Å². The molecule has 6 nitrogen and oxygen atoms in total. The van der Waals surface area contributed by atoms with Crippen molar-refractivity contribution in [2.24, 2.45) is 0 Å². The fourth-order valence-electron chi connectivity index (χ4n) is 10.0. The molecule has 270 valence electrons. The Kier molecular flexibility index (Phi) is 9.17. The third-order valence-corrected chi connectivity index (χ3v) is 12.1. The number of hydrogen-bond acceptors (Lipinski definition) is 6. The molecule has 0 spiro atoms. The predicted octanol–water partition coefficient (Wildman–Crippen LogP) is 8.01. The molecule has 5 fully saturated rings. The second-order valence-electron chi connectivity index (χ2n) is 15.4. The maximum absolute atomic E-state index is 2.89. The highest BCUT2D eigenvalue weighted by molar-refractivity contribution is 5.28. The standard InChI is InChI=1S/C48H48N6/c1-7-19-37(20-8-1)31-49-43-45-52(34-40-25-13-4-14-26-40)46-44(49)51(33-39-23-11-3-12-24-39)47(50(43)32-38-21-9-2-10-22-38)48(53(45)35-41-27-15-5-16-28-41)54(46)36-42-29-17-6-18-30-42/h1-30,43-48H,31-36H2. The molecule has 5 aliphatic heterocycles. The van der Waals surface area contributed by atoms with E-state index in [4.69, 9.17) is 0 Å². The van der Waals surface area contributed by atoms with Gasteiger partial charge in [0.15, 0.2) is 0 Å². The van der Waals surface area contributed by atoms with Crippen LogP contribution in [-0.2, 0) is 39.3 Å². The molecule has 11 rings (SSSR count). The minimum atomic E-state index is 0.172. The Morgan fingerprint density at radius 1 is 0.204 bits per heavy atom. The molecule has 6 heteroatoms. The van der Waals surface area contributed by atoms with Gasteiger partial charge in [-0.15, -0.1) is 0 Å². The van der Waals surface area contributed by atoms with Crippen LogP contribution in [-0.4, -0.2) is 66.4 Å². The van der Waals surface area contributed by atoms with Crippen LogP contribution in [0.15, 0.2) is 182 Å². The molecule has 0 unspecified atom stereocenters. The van der Waals surface area contributed by atoms with Gasteiger partial charge in [-0.1, -0.05) is 182 Å². The highest BCUT2D eigenvalue weighted by Crippen LogP contribution is 2.54. The van der Waals surface area contributed by atoms with Crippen molar-refractivity contribution >= 4 is 0 Å². The SMILES string of the molecule is c1ccc(CN2C3C4N(Cc5ccccc5)C5C2N(Cc2ccccc2)C(C(N4Cc2ccccc2)N5Cc2ccccc2)N3Cc2ccccc2)cc1. The fraction of sp³-hybridized carbons (Fsp3) is 0.250. The molecule has 0 aliphatic carbocycles. The summed E-state index contributed by atoms with van der Waals surface area (Å²) in [5.41, 5.74) is 8.17. The molecule has 6 bridgehead atoms. The summed E-state index contributed by atoms with van der Waals surface area (Å²) in [6.07, 6.45) is 1.03. The highest BCUT2D eigenvalue weighted by Gasteiger charge is 2.71. The second kappa shape index (κ2) is 14.7.